The number of sulfonamides is 1. The van der Waals surface area contributed by atoms with Crippen molar-refractivity contribution in [2.45, 2.75) is 11.4 Å². The minimum Gasteiger partial charge on any atom is -0.398 e. The van der Waals surface area contributed by atoms with E-state index in [1.807, 2.05) is 18.2 Å². The van der Waals surface area contributed by atoms with Gasteiger partial charge in [0.2, 0.25) is 5.91 Å². The van der Waals surface area contributed by atoms with Crippen LogP contribution in [0.1, 0.15) is 5.56 Å². The molecule has 1 aliphatic heterocycles. The minimum absolute atomic E-state index is 0.0451. The van der Waals surface area contributed by atoms with E-state index < -0.39 is 10.0 Å². The molecule has 150 valence electrons. The maximum atomic E-state index is 13.0. The van der Waals surface area contributed by atoms with Crippen LogP contribution in [0.25, 0.3) is 10.8 Å². The van der Waals surface area contributed by atoms with Crippen molar-refractivity contribution in [3.63, 3.8) is 0 Å². The molecule has 0 bridgehead atoms. The van der Waals surface area contributed by atoms with E-state index in [4.69, 9.17) is 10.5 Å². The Balaban J connectivity index is 1.55. The fourth-order valence-corrected chi connectivity index (χ4v) is 4.63. The Morgan fingerprint density at radius 1 is 1.00 bits per heavy atom. The predicted octanol–water partition coefficient (Wildman–Crippen LogP) is 2.58. The second-order valence-corrected chi connectivity index (χ2v) is 8.52. The zero-order valence-corrected chi connectivity index (χ0v) is 16.5. The molecule has 3 aromatic rings. The third-order valence-electron chi connectivity index (χ3n) is 4.87. The lowest BCUT2D eigenvalue weighted by Gasteiger charge is -2.26. The third-order valence-corrected chi connectivity index (χ3v) is 6.31. The molecule has 1 heterocycles. The van der Waals surface area contributed by atoms with Crippen LogP contribution in [0.3, 0.4) is 0 Å². The summed E-state index contributed by atoms with van der Waals surface area (Å²) in [5.74, 6) is -0.0451. The predicted molar refractivity (Wildman–Crippen MR) is 112 cm³/mol. The largest absolute Gasteiger partial charge is 0.398 e. The fourth-order valence-electron chi connectivity index (χ4n) is 3.36. The fraction of sp³-hybridized carbons (Fsp3) is 0.190. The van der Waals surface area contributed by atoms with Gasteiger partial charge in [-0.25, -0.2) is 8.42 Å². The SMILES string of the molecule is Nc1ccc(S(=O)(=O)Nc2ccc(CN3CCOCC3=O)cc2)c2ccccc12. The quantitative estimate of drug-likeness (QED) is 0.629. The van der Waals surface area contributed by atoms with Gasteiger partial charge in [-0.05, 0) is 29.8 Å². The summed E-state index contributed by atoms with van der Waals surface area (Å²) in [6.07, 6.45) is 0. The molecule has 1 fully saturated rings. The van der Waals surface area contributed by atoms with Crippen LogP contribution in [0.2, 0.25) is 0 Å². The zero-order chi connectivity index (χ0) is 20.4. The van der Waals surface area contributed by atoms with E-state index >= 15 is 0 Å². The van der Waals surface area contributed by atoms with E-state index in [2.05, 4.69) is 4.72 Å². The molecule has 1 aliphatic rings. The van der Waals surface area contributed by atoms with E-state index in [9.17, 15) is 13.2 Å². The third kappa shape index (κ3) is 4.03. The van der Waals surface area contributed by atoms with Gasteiger partial charge in [0.1, 0.15) is 6.61 Å². The molecule has 0 spiro atoms. The Morgan fingerprint density at radius 2 is 1.72 bits per heavy atom. The number of amides is 1. The minimum atomic E-state index is -3.79. The molecular weight excluding hydrogens is 390 g/mol. The highest BCUT2D eigenvalue weighted by molar-refractivity contribution is 7.93. The van der Waals surface area contributed by atoms with Crippen LogP contribution in [0.4, 0.5) is 11.4 Å². The number of nitrogens with zero attached hydrogens (tertiary/aromatic N) is 1. The second kappa shape index (κ2) is 7.73. The monoisotopic (exact) mass is 411 g/mol. The molecule has 3 N–H and O–H groups in total. The van der Waals surface area contributed by atoms with Gasteiger partial charge in [0.15, 0.2) is 0 Å². The average Bonchev–Trinajstić information content (AvgIpc) is 2.71. The van der Waals surface area contributed by atoms with Crippen LogP contribution in [0.5, 0.6) is 0 Å². The smallest absolute Gasteiger partial charge is 0.262 e. The standard InChI is InChI=1S/C21H21N3O4S/c22-19-9-10-20(18-4-2-1-3-17(18)19)29(26,27)23-16-7-5-15(6-8-16)13-24-11-12-28-14-21(24)25/h1-10,23H,11-14,22H2. The first kappa shape index (κ1) is 19.2. The average molecular weight is 411 g/mol. The summed E-state index contributed by atoms with van der Waals surface area (Å²) in [6, 6.07) is 17.2. The molecule has 0 saturated carbocycles. The molecule has 3 aromatic carbocycles. The highest BCUT2D eigenvalue weighted by Crippen LogP contribution is 2.29. The van der Waals surface area contributed by atoms with Gasteiger partial charge in [0, 0.05) is 35.2 Å². The van der Waals surface area contributed by atoms with Gasteiger partial charge < -0.3 is 15.4 Å². The molecule has 8 heteroatoms. The van der Waals surface area contributed by atoms with Gasteiger partial charge in [-0.15, -0.1) is 0 Å². The summed E-state index contributed by atoms with van der Waals surface area (Å²) in [7, 11) is -3.79. The number of ether oxygens (including phenoxy) is 1. The van der Waals surface area contributed by atoms with Gasteiger partial charge in [0.25, 0.3) is 10.0 Å². The molecule has 1 amide bonds. The molecule has 0 aliphatic carbocycles. The Morgan fingerprint density at radius 3 is 2.45 bits per heavy atom. The van der Waals surface area contributed by atoms with Gasteiger partial charge in [-0.2, -0.15) is 0 Å². The van der Waals surface area contributed by atoms with Crippen molar-refractivity contribution in [1.29, 1.82) is 0 Å². The molecule has 0 unspecified atom stereocenters. The maximum absolute atomic E-state index is 13.0. The Kier molecular flexibility index (Phi) is 5.12. The van der Waals surface area contributed by atoms with Crippen LogP contribution in [0, 0.1) is 0 Å². The summed E-state index contributed by atoms with van der Waals surface area (Å²) >= 11 is 0. The Hall–Kier alpha value is -3.10. The summed E-state index contributed by atoms with van der Waals surface area (Å²) in [6.45, 7) is 1.65. The van der Waals surface area contributed by atoms with Crippen molar-refractivity contribution >= 4 is 38.1 Å². The molecule has 0 radical (unpaired) electrons. The van der Waals surface area contributed by atoms with E-state index in [1.165, 1.54) is 6.07 Å². The molecule has 4 rings (SSSR count). The highest BCUT2D eigenvalue weighted by Gasteiger charge is 2.20. The highest BCUT2D eigenvalue weighted by atomic mass is 32.2. The number of fused-ring (bicyclic) bond motifs is 1. The van der Waals surface area contributed by atoms with Crippen molar-refractivity contribution < 1.29 is 17.9 Å². The molecule has 1 saturated heterocycles. The number of nitrogens with two attached hydrogens (primary N) is 1. The molecule has 0 atom stereocenters. The van der Waals surface area contributed by atoms with E-state index in [-0.39, 0.29) is 17.4 Å². The second-order valence-electron chi connectivity index (χ2n) is 6.87. The Labute approximate surface area is 169 Å². The number of hydrogen-bond donors (Lipinski definition) is 2. The van der Waals surface area contributed by atoms with Gasteiger partial charge in [-0.1, -0.05) is 36.4 Å². The van der Waals surface area contributed by atoms with Crippen LogP contribution in [-0.4, -0.2) is 39.0 Å². The van der Waals surface area contributed by atoms with Crippen LogP contribution in [-0.2, 0) is 26.1 Å². The number of rotatable bonds is 5. The van der Waals surface area contributed by atoms with Crippen LogP contribution in [0.15, 0.2) is 65.6 Å². The van der Waals surface area contributed by atoms with Gasteiger partial charge >= 0.3 is 0 Å². The summed E-state index contributed by atoms with van der Waals surface area (Å²) < 4.78 is 33.7. The van der Waals surface area contributed by atoms with E-state index in [0.29, 0.717) is 41.8 Å². The van der Waals surface area contributed by atoms with Crippen LogP contribution < -0.4 is 10.5 Å². The van der Waals surface area contributed by atoms with Gasteiger partial charge in [0.05, 0.1) is 11.5 Å². The van der Waals surface area contributed by atoms with Crippen LogP contribution >= 0.6 is 0 Å². The lowest BCUT2D eigenvalue weighted by atomic mass is 10.1. The summed E-state index contributed by atoms with van der Waals surface area (Å²) in [5, 5.41) is 1.27. The number of morpholine rings is 1. The number of benzene rings is 3. The summed E-state index contributed by atoms with van der Waals surface area (Å²) in [5.41, 5.74) is 7.87. The number of hydrogen-bond acceptors (Lipinski definition) is 5. The molecule has 0 aromatic heterocycles. The zero-order valence-electron chi connectivity index (χ0n) is 15.7. The summed E-state index contributed by atoms with van der Waals surface area (Å²) in [4.78, 5) is 13.7. The molecular formula is C21H21N3O4S. The number of nitrogens with one attached hydrogen (secondary N) is 1. The normalized spacial score (nSPS) is 14.9. The molecule has 29 heavy (non-hydrogen) atoms. The van der Waals surface area contributed by atoms with Crippen molar-refractivity contribution in [2.24, 2.45) is 0 Å². The van der Waals surface area contributed by atoms with Crippen molar-refractivity contribution in [2.75, 3.05) is 30.2 Å². The lowest BCUT2D eigenvalue weighted by molar-refractivity contribution is -0.143. The maximum Gasteiger partial charge on any atom is 0.262 e. The van der Waals surface area contributed by atoms with Gasteiger partial charge in [-0.3, -0.25) is 9.52 Å². The topological polar surface area (TPSA) is 102 Å². The lowest BCUT2D eigenvalue weighted by Crippen LogP contribution is -2.40. The number of carbonyl (C=O) groups is 1. The number of nitrogen functional groups attached to an aromatic ring is 1. The number of anilines is 2. The van der Waals surface area contributed by atoms with E-state index in [1.54, 1.807) is 41.3 Å². The van der Waals surface area contributed by atoms with E-state index in [0.717, 1.165) is 5.56 Å². The number of carbonyl (C=O) groups excluding carboxylic acids is 1. The Bertz CT molecular complexity index is 1160. The first-order chi connectivity index (χ1) is 13.9. The first-order valence-electron chi connectivity index (χ1n) is 9.18. The molecule has 7 nitrogen and oxygen atoms in total. The van der Waals surface area contributed by atoms with Crippen molar-refractivity contribution in [3.05, 3.63) is 66.2 Å². The first-order valence-corrected chi connectivity index (χ1v) is 10.7. The van der Waals surface area contributed by atoms with Crippen molar-refractivity contribution in [3.8, 4) is 0 Å². The van der Waals surface area contributed by atoms with Crippen molar-refractivity contribution in [1.82, 2.24) is 4.90 Å².